The molecule has 0 aliphatic carbocycles. The second-order valence-corrected chi connectivity index (χ2v) is 2.67. The zero-order valence-corrected chi connectivity index (χ0v) is 8.09. The summed E-state index contributed by atoms with van der Waals surface area (Å²) in [7, 11) is 0. The summed E-state index contributed by atoms with van der Waals surface area (Å²) in [4.78, 5) is 10.9. The molecule has 0 amide bonds. The van der Waals surface area contributed by atoms with E-state index in [4.69, 9.17) is 9.47 Å². The molecule has 12 heavy (non-hydrogen) atoms. The van der Waals surface area contributed by atoms with Gasteiger partial charge in [0.25, 0.3) is 0 Å². The van der Waals surface area contributed by atoms with E-state index in [0.29, 0.717) is 12.4 Å². The molecule has 0 spiro atoms. The predicted octanol–water partition coefficient (Wildman–Crippen LogP) is 1.88. The quantitative estimate of drug-likeness (QED) is 0.369. The molecule has 0 fully saturated rings. The predicted molar refractivity (Wildman–Crippen MR) is 46.6 cm³/mol. The first-order valence-electron chi connectivity index (χ1n) is 4.08. The number of carbonyl (C=O) groups excluding carboxylic acids is 1. The van der Waals surface area contributed by atoms with E-state index in [1.807, 2.05) is 13.8 Å². The molecule has 0 bridgehead atoms. The van der Waals surface area contributed by atoms with Gasteiger partial charge in [-0.1, -0.05) is 0 Å². The topological polar surface area (TPSA) is 35.5 Å². The van der Waals surface area contributed by atoms with Crippen LogP contribution in [0, 0.1) is 0 Å². The van der Waals surface area contributed by atoms with Crippen molar-refractivity contribution in [2.75, 3.05) is 6.61 Å². The van der Waals surface area contributed by atoms with Gasteiger partial charge >= 0.3 is 5.97 Å². The molecule has 0 aromatic rings. The zero-order valence-electron chi connectivity index (χ0n) is 8.09. The first-order chi connectivity index (χ1) is 5.56. The van der Waals surface area contributed by atoms with Crippen LogP contribution in [0.4, 0.5) is 0 Å². The molecule has 0 aliphatic heterocycles. The minimum atomic E-state index is -0.351. The molecular weight excluding hydrogens is 156 g/mol. The van der Waals surface area contributed by atoms with Gasteiger partial charge in [-0.25, -0.2) is 4.79 Å². The van der Waals surface area contributed by atoms with Crippen molar-refractivity contribution in [2.24, 2.45) is 0 Å². The Morgan fingerprint density at radius 3 is 2.50 bits per heavy atom. The van der Waals surface area contributed by atoms with Gasteiger partial charge in [0.05, 0.1) is 18.8 Å². The van der Waals surface area contributed by atoms with Crippen LogP contribution in [0.15, 0.2) is 11.8 Å². The molecule has 0 saturated heterocycles. The van der Waals surface area contributed by atoms with Crippen LogP contribution in [0.5, 0.6) is 0 Å². The summed E-state index contributed by atoms with van der Waals surface area (Å²) in [6.45, 7) is 7.70. The van der Waals surface area contributed by atoms with Gasteiger partial charge in [0.2, 0.25) is 0 Å². The third-order valence-corrected chi connectivity index (χ3v) is 1.03. The molecule has 3 nitrogen and oxygen atoms in total. The highest BCUT2D eigenvalue weighted by atomic mass is 16.5. The standard InChI is InChI=1S/C9H16O3/c1-5-11-9(10)6-8(4)12-7(2)3/h6-7H,5H2,1-4H3/b8-6-. The van der Waals surface area contributed by atoms with Crippen LogP contribution < -0.4 is 0 Å². The Morgan fingerprint density at radius 1 is 1.50 bits per heavy atom. The van der Waals surface area contributed by atoms with Gasteiger partial charge in [0.15, 0.2) is 0 Å². The lowest BCUT2D eigenvalue weighted by Crippen LogP contribution is -2.04. The van der Waals surface area contributed by atoms with Gasteiger partial charge in [0.1, 0.15) is 5.76 Å². The summed E-state index contributed by atoms with van der Waals surface area (Å²) in [5, 5.41) is 0. The maximum absolute atomic E-state index is 10.9. The lowest BCUT2D eigenvalue weighted by atomic mass is 10.4. The molecule has 0 rings (SSSR count). The molecule has 3 heteroatoms. The number of hydrogen-bond donors (Lipinski definition) is 0. The third-order valence-electron chi connectivity index (χ3n) is 1.03. The lowest BCUT2D eigenvalue weighted by molar-refractivity contribution is -0.137. The minimum Gasteiger partial charge on any atom is -0.495 e. The van der Waals surface area contributed by atoms with Crippen LogP contribution in [-0.4, -0.2) is 18.7 Å². The minimum absolute atomic E-state index is 0.0932. The summed E-state index contributed by atoms with van der Waals surface area (Å²) in [5.74, 6) is 0.235. The van der Waals surface area contributed by atoms with Crippen molar-refractivity contribution < 1.29 is 14.3 Å². The molecular formula is C9H16O3. The van der Waals surface area contributed by atoms with Crippen molar-refractivity contribution in [3.63, 3.8) is 0 Å². The van der Waals surface area contributed by atoms with E-state index in [9.17, 15) is 4.79 Å². The van der Waals surface area contributed by atoms with E-state index in [0.717, 1.165) is 0 Å². The van der Waals surface area contributed by atoms with Crippen LogP contribution in [0.1, 0.15) is 27.7 Å². The fourth-order valence-electron chi connectivity index (χ4n) is 0.756. The van der Waals surface area contributed by atoms with Crippen molar-refractivity contribution in [2.45, 2.75) is 33.8 Å². The number of esters is 1. The van der Waals surface area contributed by atoms with E-state index in [1.54, 1.807) is 13.8 Å². The zero-order chi connectivity index (χ0) is 9.56. The van der Waals surface area contributed by atoms with Crippen LogP contribution >= 0.6 is 0 Å². The Morgan fingerprint density at radius 2 is 2.08 bits per heavy atom. The number of rotatable bonds is 4. The highest BCUT2D eigenvalue weighted by Gasteiger charge is 1.99. The number of hydrogen-bond acceptors (Lipinski definition) is 3. The van der Waals surface area contributed by atoms with E-state index in [1.165, 1.54) is 6.08 Å². The first kappa shape index (κ1) is 11.0. The summed E-state index contributed by atoms with van der Waals surface area (Å²) in [6.07, 6.45) is 1.44. The van der Waals surface area contributed by atoms with E-state index in [-0.39, 0.29) is 12.1 Å². The Bertz CT molecular complexity index is 171. The second kappa shape index (κ2) is 5.63. The SMILES string of the molecule is CCOC(=O)/C=C(/C)OC(C)C. The number of ether oxygens (including phenoxy) is 2. The van der Waals surface area contributed by atoms with Crippen LogP contribution in [-0.2, 0) is 14.3 Å². The van der Waals surface area contributed by atoms with Crippen molar-refractivity contribution in [3.05, 3.63) is 11.8 Å². The van der Waals surface area contributed by atoms with E-state index in [2.05, 4.69) is 0 Å². The molecule has 0 saturated carbocycles. The monoisotopic (exact) mass is 172 g/mol. The summed E-state index contributed by atoms with van der Waals surface area (Å²) in [6, 6.07) is 0. The van der Waals surface area contributed by atoms with E-state index >= 15 is 0 Å². The van der Waals surface area contributed by atoms with Crippen LogP contribution in [0.25, 0.3) is 0 Å². The summed E-state index contributed by atoms with van der Waals surface area (Å²) < 4.78 is 9.93. The van der Waals surface area contributed by atoms with Crippen LogP contribution in [0.3, 0.4) is 0 Å². The molecule has 0 heterocycles. The van der Waals surface area contributed by atoms with Gasteiger partial charge in [0, 0.05) is 0 Å². The molecule has 0 aliphatic rings. The fourth-order valence-corrected chi connectivity index (χ4v) is 0.756. The maximum Gasteiger partial charge on any atom is 0.334 e. The maximum atomic E-state index is 10.9. The average Bonchev–Trinajstić information content (AvgIpc) is 1.84. The third kappa shape index (κ3) is 5.77. The lowest BCUT2D eigenvalue weighted by Gasteiger charge is -2.08. The second-order valence-electron chi connectivity index (χ2n) is 2.67. The molecule has 70 valence electrons. The highest BCUT2D eigenvalue weighted by Crippen LogP contribution is 2.00. The van der Waals surface area contributed by atoms with Crippen LogP contribution in [0.2, 0.25) is 0 Å². The molecule has 0 atom stereocenters. The van der Waals surface area contributed by atoms with Gasteiger partial charge in [-0.05, 0) is 27.7 Å². The van der Waals surface area contributed by atoms with E-state index < -0.39 is 0 Å². The van der Waals surface area contributed by atoms with Crippen molar-refractivity contribution in [1.29, 1.82) is 0 Å². The van der Waals surface area contributed by atoms with Gasteiger partial charge in [-0.3, -0.25) is 0 Å². The molecule has 0 radical (unpaired) electrons. The summed E-state index contributed by atoms with van der Waals surface area (Å²) >= 11 is 0. The largest absolute Gasteiger partial charge is 0.495 e. The normalized spacial score (nSPS) is 11.6. The Balaban J connectivity index is 3.89. The number of allylic oxidation sites excluding steroid dienone is 1. The Labute approximate surface area is 73.4 Å². The van der Waals surface area contributed by atoms with Crippen molar-refractivity contribution in [3.8, 4) is 0 Å². The molecule has 0 unspecified atom stereocenters. The fraction of sp³-hybridized carbons (Fsp3) is 0.667. The smallest absolute Gasteiger partial charge is 0.334 e. The average molecular weight is 172 g/mol. The summed E-state index contributed by atoms with van der Waals surface area (Å²) in [5.41, 5.74) is 0. The van der Waals surface area contributed by atoms with Crippen molar-refractivity contribution in [1.82, 2.24) is 0 Å². The molecule has 0 N–H and O–H groups in total. The van der Waals surface area contributed by atoms with Crippen molar-refractivity contribution >= 4 is 5.97 Å². The van der Waals surface area contributed by atoms with Gasteiger partial charge in [-0.15, -0.1) is 0 Å². The Hall–Kier alpha value is -0.990. The molecule has 0 aromatic carbocycles. The Kier molecular flexibility index (Phi) is 5.17. The van der Waals surface area contributed by atoms with Gasteiger partial charge in [-0.2, -0.15) is 0 Å². The first-order valence-corrected chi connectivity index (χ1v) is 4.08. The molecule has 0 aromatic heterocycles. The number of carbonyl (C=O) groups is 1. The highest BCUT2D eigenvalue weighted by molar-refractivity contribution is 5.82. The van der Waals surface area contributed by atoms with Gasteiger partial charge < -0.3 is 9.47 Å².